The van der Waals surface area contributed by atoms with Crippen molar-refractivity contribution in [3.63, 3.8) is 0 Å². The Morgan fingerprint density at radius 1 is 1.50 bits per heavy atom. The number of rotatable bonds is 2. The van der Waals surface area contributed by atoms with E-state index in [1.807, 2.05) is 14.1 Å². The fourth-order valence-corrected chi connectivity index (χ4v) is 2.90. The van der Waals surface area contributed by atoms with Crippen LogP contribution in [0, 0.1) is 0 Å². The average molecular weight is 290 g/mol. The number of thioether (sulfide) groups is 1. The van der Waals surface area contributed by atoms with Gasteiger partial charge < -0.3 is 15.0 Å². The maximum atomic E-state index is 12.0. The van der Waals surface area contributed by atoms with Crippen LogP contribution >= 0.6 is 24.0 Å². The number of nitrogens with zero attached hydrogens (tertiary/aromatic N) is 1. The third-order valence-electron chi connectivity index (χ3n) is 2.66. The van der Waals surface area contributed by atoms with Gasteiger partial charge in [0, 0.05) is 14.1 Å². The topological polar surface area (TPSA) is 58.6 Å². The molecular formula is C11H18N2O3S2. The molecule has 0 spiro atoms. The molecule has 1 N–H and O–H groups in total. The molecule has 7 heteroatoms. The number of carbonyl (C=O) groups excluding carboxylic acids is 2. The summed E-state index contributed by atoms with van der Waals surface area (Å²) in [6.45, 7) is 0. The van der Waals surface area contributed by atoms with Crippen molar-refractivity contribution in [3.8, 4) is 0 Å². The molecule has 0 bridgehead atoms. The molecule has 1 heterocycles. The van der Waals surface area contributed by atoms with Crippen molar-refractivity contribution < 1.29 is 14.3 Å². The van der Waals surface area contributed by atoms with E-state index < -0.39 is 6.04 Å². The number of hydrogen-bond acceptors (Lipinski definition) is 5. The molecule has 0 aliphatic carbocycles. The summed E-state index contributed by atoms with van der Waals surface area (Å²) in [6, 6.07) is -0.527. The lowest BCUT2D eigenvalue weighted by molar-refractivity contribution is -0.144. The van der Waals surface area contributed by atoms with Crippen LogP contribution in [0.5, 0.6) is 0 Å². The SMILES string of the molecule is COC(=O)[C@@H]1CCC[C@@H](SC(=S)N(C)C)C(=O)N1. The summed E-state index contributed by atoms with van der Waals surface area (Å²) < 4.78 is 5.33. The summed E-state index contributed by atoms with van der Waals surface area (Å²) in [5.74, 6) is -0.527. The molecule has 0 unspecified atom stereocenters. The minimum Gasteiger partial charge on any atom is -0.467 e. The Hall–Kier alpha value is -0.820. The number of ether oxygens (including phenoxy) is 1. The Morgan fingerprint density at radius 2 is 2.17 bits per heavy atom. The van der Waals surface area contributed by atoms with E-state index in [4.69, 9.17) is 12.2 Å². The lowest BCUT2D eigenvalue weighted by Crippen LogP contribution is -2.43. The molecule has 1 saturated heterocycles. The van der Waals surface area contributed by atoms with Gasteiger partial charge in [-0.15, -0.1) is 0 Å². The molecule has 2 atom stereocenters. The predicted molar refractivity (Wildman–Crippen MR) is 75.5 cm³/mol. The van der Waals surface area contributed by atoms with E-state index in [-0.39, 0.29) is 17.1 Å². The zero-order chi connectivity index (χ0) is 13.7. The van der Waals surface area contributed by atoms with Crippen molar-refractivity contribution >= 4 is 40.2 Å². The highest BCUT2D eigenvalue weighted by Crippen LogP contribution is 2.24. The van der Waals surface area contributed by atoms with E-state index in [1.165, 1.54) is 18.9 Å². The number of esters is 1. The summed E-state index contributed by atoms with van der Waals surface area (Å²) in [5.41, 5.74) is 0. The van der Waals surface area contributed by atoms with Crippen LogP contribution in [0.1, 0.15) is 19.3 Å². The van der Waals surface area contributed by atoms with Crippen LogP contribution in [-0.2, 0) is 14.3 Å². The Morgan fingerprint density at radius 3 is 2.72 bits per heavy atom. The van der Waals surface area contributed by atoms with Crippen molar-refractivity contribution in [1.82, 2.24) is 10.2 Å². The molecule has 1 aliphatic heterocycles. The fourth-order valence-electron chi connectivity index (χ4n) is 1.63. The molecule has 102 valence electrons. The molecular weight excluding hydrogens is 272 g/mol. The molecule has 5 nitrogen and oxygen atoms in total. The summed E-state index contributed by atoms with van der Waals surface area (Å²) in [5, 5.41) is 2.48. The number of carbonyl (C=O) groups is 2. The second-order valence-corrected chi connectivity index (χ2v) is 6.12. The van der Waals surface area contributed by atoms with Gasteiger partial charge in [-0.3, -0.25) is 4.79 Å². The first-order valence-electron chi connectivity index (χ1n) is 5.72. The van der Waals surface area contributed by atoms with Gasteiger partial charge in [-0.05, 0) is 19.3 Å². The third-order valence-corrected chi connectivity index (χ3v) is 4.62. The van der Waals surface area contributed by atoms with Crippen LogP contribution in [0.4, 0.5) is 0 Å². The lowest BCUT2D eigenvalue weighted by atomic mass is 10.1. The molecule has 1 aliphatic rings. The highest BCUT2D eigenvalue weighted by molar-refractivity contribution is 8.23. The number of nitrogens with one attached hydrogen (secondary N) is 1. The highest BCUT2D eigenvalue weighted by Gasteiger charge is 2.30. The van der Waals surface area contributed by atoms with E-state index >= 15 is 0 Å². The van der Waals surface area contributed by atoms with Gasteiger partial charge in [-0.2, -0.15) is 0 Å². The number of amides is 1. The first-order valence-corrected chi connectivity index (χ1v) is 7.00. The van der Waals surface area contributed by atoms with Crippen molar-refractivity contribution in [3.05, 3.63) is 0 Å². The van der Waals surface area contributed by atoms with Crippen molar-refractivity contribution in [2.75, 3.05) is 21.2 Å². The Kier molecular flexibility index (Phi) is 5.87. The summed E-state index contributed by atoms with van der Waals surface area (Å²) >= 11 is 6.54. The zero-order valence-electron chi connectivity index (χ0n) is 10.8. The molecule has 1 fully saturated rings. The Balaban J connectivity index is 2.61. The monoisotopic (exact) mass is 290 g/mol. The van der Waals surface area contributed by atoms with E-state index in [0.717, 1.165) is 12.8 Å². The van der Waals surface area contributed by atoms with Crippen LogP contribution in [0.25, 0.3) is 0 Å². The molecule has 0 aromatic carbocycles. The van der Waals surface area contributed by atoms with Gasteiger partial charge in [-0.25, -0.2) is 4.79 Å². The van der Waals surface area contributed by atoms with Gasteiger partial charge >= 0.3 is 5.97 Å². The number of thiocarbonyl (C=S) groups is 1. The van der Waals surface area contributed by atoms with Crippen molar-refractivity contribution in [2.45, 2.75) is 30.6 Å². The van der Waals surface area contributed by atoms with Crippen molar-refractivity contribution in [2.24, 2.45) is 0 Å². The quantitative estimate of drug-likeness (QED) is 0.599. The van der Waals surface area contributed by atoms with Crippen molar-refractivity contribution in [1.29, 1.82) is 0 Å². The minimum absolute atomic E-state index is 0.142. The van der Waals surface area contributed by atoms with E-state index in [0.29, 0.717) is 10.7 Å². The average Bonchev–Trinajstić information content (AvgIpc) is 2.51. The number of methoxy groups -OCH3 is 1. The maximum Gasteiger partial charge on any atom is 0.328 e. The Bertz CT molecular complexity index is 347. The second-order valence-electron chi connectivity index (χ2n) is 4.28. The molecule has 0 aromatic heterocycles. The standard InChI is InChI=1S/C11H18N2O3S2/c1-13(2)11(17)18-8-6-4-5-7(10(15)16-3)12-9(8)14/h7-8H,4-6H2,1-3H3,(H,12,14)/t7-,8+/m0/s1. The van der Waals surface area contributed by atoms with Gasteiger partial charge in [0.25, 0.3) is 0 Å². The summed E-state index contributed by atoms with van der Waals surface area (Å²) in [6.07, 6.45) is 2.13. The van der Waals surface area contributed by atoms with Crippen LogP contribution < -0.4 is 5.32 Å². The highest BCUT2D eigenvalue weighted by atomic mass is 32.2. The van der Waals surface area contributed by atoms with Crippen LogP contribution in [0.2, 0.25) is 0 Å². The Labute approximate surface area is 117 Å². The molecule has 0 saturated carbocycles. The van der Waals surface area contributed by atoms with E-state index in [1.54, 1.807) is 4.90 Å². The number of hydrogen-bond donors (Lipinski definition) is 1. The van der Waals surface area contributed by atoms with Crippen LogP contribution in [-0.4, -0.2) is 53.6 Å². The maximum absolute atomic E-state index is 12.0. The molecule has 0 aromatic rings. The molecule has 0 radical (unpaired) electrons. The normalized spacial score (nSPS) is 23.8. The smallest absolute Gasteiger partial charge is 0.328 e. The second kappa shape index (κ2) is 6.94. The van der Waals surface area contributed by atoms with Gasteiger partial charge in [-0.1, -0.05) is 24.0 Å². The van der Waals surface area contributed by atoms with Gasteiger partial charge in [0.2, 0.25) is 5.91 Å². The molecule has 18 heavy (non-hydrogen) atoms. The predicted octanol–water partition coefficient (Wildman–Crippen LogP) is 0.776. The summed E-state index contributed by atoms with van der Waals surface area (Å²) in [7, 11) is 5.02. The van der Waals surface area contributed by atoms with Gasteiger partial charge in [0.15, 0.2) is 0 Å². The van der Waals surface area contributed by atoms with Crippen LogP contribution in [0.3, 0.4) is 0 Å². The van der Waals surface area contributed by atoms with E-state index in [9.17, 15) is 9.59 Å². The first kappa shape index (κ1) is 15.2. The first-order chi connectivity index (χ1) is 8.45. The largest absolute Gasteiger partial charge is 0.467 e. The fraction of sp³-hybridized carbons (Fsp3) is 0.727. The van der Waals surface area contributed by atoms with Crippen LogP contribution in [0.15, 0.2) is 0 Å². The third kappa shape index (κ3) is 4.13. The van der Waals surface area contributed by atoms with Gasteiger partial charge in [0.1, 0.15) is 10.4 Å². The summed E-state index contributed by atoms with van der Waals surface area (Å²) in [4.78, 5) is 25.2. The van der Waals surface area contributed by atoms with E-state index in [2.05, 4.69) is 10.1 Å². The minimum atomic E-state index is -0.527. The van der Waals surface area contributed by atoms with Gasteiger partial charge in [0.05, 0.1) is 12.4 Å². The lowest BCUT2D eigenvalue weighted by Gasteiger charge is -2.18. The molecule has 1 amide bonds. The zero-order valence-corrected chi connectivity index (χ0v) is 12.4. The molecule has 1 rings (SSSR count).